The first kappa shape index (κ1) is 7.70. The van der Waals surface area contributed by atoms with Gasteiger partial charge in [-0.25, -0.2) is 9.67 Å². The maximum atomic E-state index is 4.33. The highest BCUT2D eigenvalue weighted by atomic mass is 32.1. The molecular weight excluding hydrogens is 194 g/mol. The van der Waals surface area contributed by atoms with Gasteiger partial charge >= 0.3 is 0 Å². The molecule has 0 unspecified atom stereocenters. The Hall–Kier alpha value is -1.68. The maximum absolute atomic E-state index is 4.33. The van der Waals surface area contributed by atoms with Crippen LogP contribution in [0, 0.1) is 0 Å². The number of rotatable bonds is 1. The van der Waals surface area contributed by atoms with E-state index in [2.05, 4.69) is 16.1 Å². The van der Waals surface area contributed by atoms with Gasteiger partial charge in [0.25, 0.3) is 0 Å². The number of thiazole rings is 1. The van der Waals surface area contributed by atoms with Crippen molar-refractivity contribution in [2.45, 2.75) is 0 Å². The Labute approximate surface area is 84.6 Å². The number of hydrogen-bond acceptors (Lipinski definition) is 3. The third-order valence-corrected chi connectivity index (χ3v) is 2.88. The molecule has 3 nitrogen and oxygen atoms in total. The zero-order valence-electron chi connectivity index (χ0n) is 7.29. The lowest BCUT2D eigenvalue weighted by Gasteiger charge is -2.00. The molecule has 0 amide bonds. The fraction of sp³-hybridized carbons (Fsp3) is 0. The summed E-state index contributed by atoms with van der Waals surface area (Å²) in [4.78, 5) is 4.33. The zero-order valence-corrected chi connectivity index (χ0v) is 8.11. The van der Waals surface area contributed by atoms with Crippen LogP contribution in [0.4, 0.5) is 0 Å². The van der Waals surface area contributed by atoms with E-state index in [9.17, 15) is 0 Å². The number of hydrogen-bond donors (Lipinski definition) is 0. The largest absolute Gasteiger partial charge is 0.242 e. The summed E-state index contributed by atoms with van der Waals surface area (Å²) in [5.41, 5.74) is 3.91. The lowest BCUT2D eigenvalue weighted by atomic mass is 10.3. The minimum absolute atomic E-state index is 1.02. The van der Waals surface area contributed by atoms with E-state index >= 15 is 0 Å². The minimum atomic E-state index is 1.02. The van der Waals surface area contributed by atoms with Gasteiger partial charge in [0.1, 0.15) is 5.52 Å². The van der Waals surface area contributed by atoms with Crippen LogP contribution < -0.4 is 0 Å². The van der Waals surface area contributed by atoms with Crippen LogP contribution in [0.2, 0.25) is 0 Å². The summed E-state index contributed by atoms with van der Waals surface area (Å²) < 4.78 is 3.03. The normalized spacial score (nSPS) is 10.9. The highest BCUT2D eigenvalue weighted by molar-refractivity contribution is 7.16. The first-order valence-corrected chi connectivity index (χ1v) is 5.15. The highest BCUT2D eigenvalue weighted by Gasteiger charge is 2.04. The Morgan fingerprint density at radius 1 is 1.21 bits per heavy atom. The number of para-hydroxylation sites is 1. The van der Waals surface area contributed by atoms with Gasteiger partial charge in [0.05, 0.1) is 15.9 Å². The minimum Gasteiger partial charge on any atom is -0.242 e. The molecule has 68 valence electrons. The first-order chi connectivity index (χ1) is 6.95. The van der Waals surface area contributed by atoms with Crippen molar-refractivity contribution in [3.8, 4) is 5.69 Å². The molecule has 0 atom stereocenters. The third-order valence-electron chi connectivity index (χ3n) is 2.09. The molecule has 3 rings (SSSR count). The predicted molar refractivity (Wildman–Crippen MR) is 56.7 cm³/mol. The van der Waals surface area contributed by atoms with E-state index in [1.54, 1.807) is 17.5 Å². The summed E-state index contributed by atoms with van der Waals surface area (Å²) in [5.74, 6) is 0. The smallest absolute Gasteiger partial charge is 0.107 e. The van der Waals surface area contributed by atoms with Gasteiger partial charge in [-0.3, -0.25) is 0 Å². The van der Waals surface area contributed by atoms with Gasteiger partial charge in [0.2, 0.25) is 0 Å². The molecule has 0 saturated carbocycles. The summed E-state index contributed by atoms with van der Waals surface area (Å²) in [7, 11) is 0. The molecule has 3 aromatic rings. The third kappa shape index (κ3) is 1.04. The van der Waals surface area contributed by atoms with Crippen molar-refractivity contribution in [2.24, 2.45) is 0 Å². The average Bonchev–Trinajstić information content (AvgIpc) is 2.88. The summed E-state index contributed by atoms with van der Waals surface area (Å²) >= 11 is 1.65. The Bertz CT molecular complexity index is 554. The molecular formula is C10H7N3S. The van der Waals surface area contributed by atoms with Crippen LogP contribution in [-0.2, 0) is 0 Å². The second-order valence-corrected chi connectivity index (χ2v) is 3.81. The second-order valence-electron chi connectivity index (χ2n) is 2.93. The summed E-state index contributed by atoms with van der Waals surface area (Å²) in [6.07, 6.45) is 3.69. The molecule has 0 aliphatic carbocycles. The van der Waals surface area contributed by atoms with Crippen LogP contribution in [0.5, 0.6) is 0 Å². The van der Waals surface area contributed by atoms with Crippen LogP contribution in [0.1, 0.15) is 0 Å². The van der Waals surface area contributed by atoms with E-state index in [4.69, 9.17) is 0 Å². The number of benzene rings is 1. The Kier molecular flexibility index (Phi) is 1.61. The molecule has 0 saturated heterocycles. The molecule has 2 heterocycles. The second kappa shape index (κ2) is 2.92. The fourth-order valence-corrected chi connectivity index (χ4v) is 2.17. The SMILES string of the molecule is c1cc(-n2cccn2)c2ncsc2c1. The molecule has 14 heavy (non-hydrogen) atoms. The Morgan fingerprint density at radius 2 is 2.21 bits per heavy atom. The van der Waals surface area contributed by atoms with Gasteiger partial charge in [-0.2, -0.15) is 5.10 Å². The Balaban J connectivity index is 2.36. The average molecular weight is 201 g/mol. The standard InChI is InChI=1S/C10H7N3S/c1-3-8(13-6-2-5-12-13)10-9(4-1)14-7-11-10/h1-7H. The van der Waals surface area contributed by atoms with Crippen molar-refractivity contribution in [1.82, 2.24) is 14.8 Å². The highest BCUT2D eigenvalue weighted by Crippen LogP contribution is 2.23. The molecule has 0 fully saturated rings. The van der Waals surface area contributed by atoms with Crippen molar-refractivity contribution in [2.75, 3.05) is 0 Å². The van der Waals surface area contributed by atoms with E-state index < -0.39 is 0 Å². The van der Waals surface area contributed by atoms with Gasteiger partial charge in [-0.05, 0) is 18.2 Å². The van der Waals surface area contributed by atoms with Crippen molar-refractivity contribution < 1.29 is 0 Å². The molecule has 0 aliphatic heterocycles. The molecule has 0 spiro atoms. The van der Waals surface area contributed by atoms with Crippen molar-refractivity contribution in [1.29, 1.82) is 0 Å². The van der Waals surface area contributed by atoms with Gasteiger partial charge in [0, 0.05) is 12.4 Å². The number of aromatic nitrogens is 3. The zero-order chi connectivity index (χ0) is 9.38. The molecule has 0 aliphatic rings. The molecule has 0 bridgehead atoms. The van der Waals surface area contributed by atoms with E-state index in [1.807, 2.05) is 34.6 Å². The van der Waals surface area contributed by atoms with Crippen molar-refractivity contribution in [3.63, 3.8) is 0 Å². The van der Waals surface area contributed by atoms with E-state index in [0.29, 0.717) is 0 Å². The molecule has 4 heteroatoms. The predicted octanol–water partition coefficient (Wildman–Crippen LogP) is 2.48. The number of fused-ring (bicyclic) bond motifs is 1. The fourth-order valence-electron chi connectivity index (χ4n) is 1.47. The Morgan fingerprint density at radius 3 is 3.07 bits per heavy atom. The van der Waals surface area contributed by atoms with Gasteiger partial charge < -0.3 is 0 Å². The van der Waals surface area contributed by atoms with Crippen molar-refractivity contribution >= 4 is 21.6 Å². The van der Waals surface area contributed by atoms with Crippen LogP contribution in [0.25, 0.3) is 15.9 Å². The molecule has 2 aromatic heterocycles. The lowest BCUT2D eigenvalue weighted by molar-refractivity contribution is 0.885. The quantitative estimate of drug-likeness (QED) is 0.605. The van der Waals surface area contributed by atoms with Crippen molar-refractivity contribution in [3.05, 3.63) is 42.2 Å². The van der Waals surface area contributed by atoms with Gasteiger partial charge in [0.15, 0.2) is 0 Å². The first-order valence-electron chi connectivity index (χ1n) is 4.27. The summed E-state index contributed by atoms with van der Waals surface area (Å²) in [6.45, 7) is 0. The van der Waals surface area contributed by atoms with Crippen LogP contribution in [0.3, 0.4) is 0 Å². The van der Waals surface area contributed by atoms with Crippen LogP contribution in [0.15, 0.2) is 42.2 Å². The lowest BCUT2D eigenvalue weighted by Crippen LogP contribution is -1.94. The molecule has 0 radical (unpaired) electrons. The topological polar surface area (TPSA) is 30.7 Å². The van der Waals surface area contributed by atoms with Gasteiger partial charge in [-0.1, -0.05) is 6.07 Å². The van der Waals surface area contributed by atoms with E-state index in [-0.39, 0.29) is 0 Å². The number of nitrogens with zero attached hydrogens (tertiary/aromatic N) is 3. The molecule has 1 aromatic carbocycles. The van der Waals surface area contributed by atoms with E-state index in [0.717, 1.165) is 11.2 Å². The van der Waals surface area contributed by atoms with Crippen LogP contribution in [-0.4, -0.2) is 14.8 Å². The van der Waals surface area contributed by atoms with Gasteiger partial charge in [-0.15, -0.1) is 11.3 Å². The maximum Gasteiger partial charge on any atom is 0.107 e. The summed E-state index contributed by atoms with van der Waals surface area (Å²) in [5, 5.41) is 4.20. The monoisotopic (exact) mass is 201 g/mol. The van der Waals surface area contributed by atoms with E-state index in [1.165, 1.54) is 4.70 Å². The van der Waals surface area contributed by atoms with Crippen LogP contribution >= 0.6 is 11.3 Å². The molecule has 0 N–H and O–H groups in total. The summed E-state index contributed by atoms with van der Waals surface area (Å²) in [6, 6.07) is 8.03.